The van der Waals surface area contributed by atoms with E-state index in [1.807, 2.05) is 0 Å². The largest absolute Gasteiger partial charge is 0.350 e. The van der Waals surface area contributed by atoms with Crippen molar-refractivity contribution in [2.45, 2.75) is 132 Å². The van der Waals surface area contributed by atoms with Gasteiger partial charge in [-0.1, -0.05) is 12.8 Å². The van der Waals surface area contributed by atoms with Crippen LogP contribution in [0.2, 0.25) is 0 Å². The normalized spacial score (nSPS) is 31.8. The third-order valence-electron chi connectivity index (χ3n) is 8.71. The van der Waals surface area contributed by atoms with Gasteiger partial charge in [-0.2, -0.15) is 0 Å². The summed E-state index contributed by atoms with van der Waals surface area (Å²) < 4.78 is 43.9. The first-order valence-electron chi connectivity index (χ1n) is 15.3. The summed E-state index contributed by atoms with van der Waals surface area (Å²) in [7, 11) is 0. The molecule has 0 aromatic carbocycles. The molecule has 214 valence electrons. The first kappa shape index (κ1) is 28.2. The molecular formula is C29H50O8. The Kier molecular flexibility index (Phi) is 10.2. The second-order valence-corrected chi connectivity index (χ2v) is 11.6. The van der Waals surface area contributed by atoms with Gasteiger partial charge in [0.1, 0.15) is 0 Å². The summed E-state index contributed by atoms with van der Waals surface area (Å²) in [5.41, 5.74) is 0. The van der Waals surface area contributed by atoms with Gasteiger partial charge in [0.15, 0.2) is 23.1 Å². The van der Waals surface area contributed by atoms with E-state index in [9.17, 15) is 0 Å². The van der Waals surface area contributed by atoms with Crippen LogP contribution in [0.25, 0.3) is 0 Å². The van der Waals surface area contributed by atoms with Gasteiger partial charge in [0.25, 0.3) is 0 Å². The molecule has 0 N–H and O–H groups in total. The molecule has 0 radical (unpaired) electrons. The Balaban J connectivity index is 0.000000102. The lowest BCUT2D eigenvalue weighted by Gasteiger charge is -2.39. The summed E-state index contributed by atoms with van der Waals surface area (Å²) in [6.45, 7) is 6.64. The van der Waals surface area contributed by atoms with Crippen molar-refractivity contribution in [3.05, 3.63) is 0 Å². The lowest BCUT2D eigenvalue weighted by atomic mass is 9.93. The van der Waals surface area contributed by atoms with Crippen molar-refractivity contribution >= 4 is 0 Å². The lowest BCUT2D eigenvalue weighted by molar-refractivity contribution is -0.279. The zero-order valence-electron chi connectivity index (χ0n) is 22.9. The minimum absolute atomic E-state index is 0.0556. The van der Waals surface area contributed by atoms with Gasteiger partial charge in [0.2, 0.25) is 0 Å². The molecule has 4 heterocycles. The Bertz CT molecular complexity index is 598. The van der Waals surface area contributed by atoms with E-state index in [1.54, 1.807) is 0 Å². The van der Waals surface area contributed by atoms with Crippen molar-refractivity contribution in [1.82, 2.24) is 0 Å². The molecule has 4 aliphatic heterocycles. The molecule has 4 spiro atoms. The maximum Gasteiger partial charge on any atom is 0.168 e. The number of ether oxygens (including phenoxy) is 8. The molecule has 4 aliphatic carbocycles. The van der Waals surface area contributed by atoms with Gasteiger partial charge in [-0.15, -0.1) is 0 Å². The maximum atomic E-state index is 5.68. The molecule has 8 fully saturated rings. The standard InChI is InChI=1S/C9H16O2.C8H14O2.C7H12O2.C5H8O2/c1-2-5-9(6-3-1)10-7-4-8-11-9;1-2-4-8(5-3-1)9-6-7-10-8;1-2-4-7(3-1)8-5-6-9-7;1-2-5(1)6-3-4-7-5/h1-8H2;1-7H2;1-6H2;1-4H2. The third-order valence-corrected chi connectivity index (χ3v) is 8.71. The fraction of sp³-hybridized carbons (Fsp3) is 1.00. The van der Waals surface area contributed by atoms with Crippen molar-refractivity contribution in [2.75, 3.05) is 52.9 Å². The summed E-state index contributed by atoms with van der Waals surface area (Å²) in [5, 5.41) is 0. The van der Waals surface area contributed by atoms with Gasteiger partial charge in [0.05, 0.1) is 52.9 Å². The van der Waals surface area contributed by atoms with Crippen LogP contribution in [0, 0.1) is 0 Å². The first-order valence-corrected chi connectivity index (χ1v) is 15.3. The van der Waals surface area contributed by atoms with Crippen LogP contribution in [0.4, 0.5) is 0 Å². The number of hydrogen-bond donors (Lipinski definition) is 0. The van der Waals surface area contributed by atoms with Crippen molar-refractivity contribution < 1.29 is 37.9 Å². The van der Waals surface area contributed by atoms with E-state index >= 15 is 0 Å². The Morgan fingerprint density at radius 2 is 0.459 bits per heavy atom. The SMILES string of the molecule is C1CCC2(C1)OCCO2.C1CCC2(CC1)OCCCO2.C1CCC2(CC1)OCCO2.C1COC2(CC2)O1. The van der Waals surface area contributed by atoms with Gasteiger partial charge in [-0.05, 0) is 44.9 Å². The molecule has 0 aromatic heterocycles. The summed E-state index contributed by atoms with van der Waals surface area (Å²) in [5.74, 6) is -0.436. The Hall–Kier alpha value is -0.320. The molecule has 8 aliphatic rings. The molecule has 0 atom stereocenters. The number of hydrogen-bond acceptors (Lipinski definition) is 8. The average molecular weight is 527 g/mol. The highest BCUT2D eigenvalue weighted by Gasteiger charge is 2.48. The quantitative estimate of drug-likeness (QED) is 0.404. The second-order valence-electron chi connectivity index (χ2n) is 11.6. The highest BCUT2D eigenvalue weighted by atomic mass is 16.8. The average Bonchev–Trinajstić information content (AvgIpc) is 3.46. The molecule has 0 amide bonds. The first-order chi connectivity index (χ1) is 18.2. The molecular weight excluding hydrogens is 476 g/mol. The van der Waals surface area contributed by atoms with Crippen LogP contribution in [0.3, 0.4) is 0 Å². The molecule has 4 saturated carbocycles. The molecule has 0 aromatic rings. The van der Waals surface area contributed by atoms with Crippen LogP contribution < -0.4 is 0 Å². The van der Waals surface area contributed by atoms with E-state index in [1.165, 1.54) is 51.4 Å². The maximum absolute atomic E-state index is 5.68. The summed E-state index contributed by atoms with van der Waals surface area (Å²) >= 11 is 0. The molecule has 4 saturated heterocycles. The van der Waals surface area contributed by atoms with Crippen LogP contribution >= 0.6 is 0 Å². The summed E-state index contributed by atoms with van der Waals surface area (Å²) in [6.07, 6.45) is 20.4. The predicted octanol–water partition coefficient (Wildman–Crippen LogP) is 5.60. The van der Waals surface area contributed by atoms with Crippen LogP contribution in [0.15, 0.2) is 0 Å². The van der Waals surface area contributed by atoms with E-state index < -0.39 is 0 Å². The summed E-state index contributed by atoms with van der Waals surface area (Å²) in [6, 6.07) is 0. The highest BCUT2D eigenvalue weighted by Crippen LogP contribution is 2.43. The van der Waals surface area contributed by atoms with Crippen LogP contribution in [0.5, 0.6) is 0 Å². The Morgan fingerprint density at radius 3 is 0.757 bits per heavy atom. The molecule has 0 unspecified atom stereocenters. The Labute approximate surface area is 223 Å². The van der Waals surface area contributed by atoms with Gasteiger partial charge < -0.3 is 37.9 Å². The Morgan fingerprint density at radius 1 is 0.216 bits per heavy atom. The van der Waals surface area contributed by atoms with E-state index in [0.29, 0.717) is 0 Å². The minimum Gasteiger partial charge on any atom is -0.350 e. The molecule has 0 bridgehead atoms. The fourth-order valence-electron chi connectivity index (χ4n) is 6.46. The van der Waals surface area contributed by atoms with Gasteiger partial charge >= 0.3 is 0 Å². The monoisotopic (exact) mass is 526 g/mol. The van der Waals surface area contributed by atoms with Gasteiger partial charge in [-0.3, -0.25) is 0 Å². The highest BCUT2D eigenvalue weighted by molar-refractivity contribution is 4.88. The van der Waals surface area contributed by atoms with E-state index in [4.69, 9.17) is 37.9 Å². The van der Waals surface area contributed by atoms with Crippen molar-refractivity contribution in [3.63, 3.8) is 0 Å². The van der Waals surface area contributed by atoms with E-state index in [-0.39, 0.29) is 23.1 Å². The van der Waals surface area contributed by atoms with Crippen molar-refractivity contribution in [2.24, 2.45) is 0 Å². The van der Waals surface area contributed by atoms with E-state index in [2.05, 4.69) is 0 Å². The molecule has 37 heavy (non-hydrogen) atoms. The molecule has 8 heteroatoms. The van der Waals surface area contributed by atoms with Crippen molar-refractivity contribution in [1.29, 1.82) is 0 Å². The van der Waals surface area contributed by atoms with Gasteiger partial charge in [0, 0.05) is 51.4 Å². The fourth-order valence-corrected chi connectivity index (χ4v) is 6.46. The van der Waals surface area contributed by atoms with Crippen molar-refractivity contribution in [3.8, 4) is 0 Å². The topological polar surface area (TPSA) is 73.8 Å². The third kappa shape index (κ3) is 8.10. The van der Waals surface area contributed by atoms with Crippen LogP contribution in [-0.2, 0) is 37.9 Å². The molecule has 8 nitrogen and oxygen atoms in total. The molecule has 8 rings (SSSR count). The van der Waals surface area contributed by atoms with Gasteiger partial charge in [-0.25, -0.2) is 0 Å². The summed E-state index contributed by atoms with van der Waals surface area (Å²) in [4.78, 5) is 0. The van der Waals surface area contributed by atoms with Crippen LogP contribution in [-0.4, -0.2) is 76.0 Å². The van der Waals surface area contributed by atoms with Crippen LogP contribution in [0.1, 0.15) is 109 Å². The van der Waals surface area contributed by atoms with E-state index in [0.717, 1.165) is 111 Å². The predicted molar refractivity (Wildman–Crippen MR) is 137 cm³/mol. The number of rotatable bonds is 0. The lowest BCUT2D eigenvalue weighted by Crippen LogP contribution is -2.42. The zero-order chi connectivity index (χ0) is 25.3. The second kappa shape index (κ2) is 13.4. The zero-order valence-corrected chi connectivity index (χ0v) is 22.9. The minimum atomic E-state index is -0.142. The smallest absolute Gasteiger partial charge is 0.168 e.